The lowest BCUT2D eigenvalue weighted by atomic mass is 10.1. The van der Waals surface area contributed by atoms with Crippen LogP contribution in [0, 0.1) is 0 Å². The number of rotatable bonds is 19. The number of carbonyl (C=O) groups is 1. The molecule has 1 aliphatic rings. The van der Waals surface area contributed by atoms with Crippen LogP contribution in [0.2, 0.25) is 0 Å². The minimum absolute atomic E-state index is 0.319. The van der Waals surface area contributed by atoms with Gasteiger partial charge in [0.15, 0.2) is 0 Å². The summed E-state index contributed by atoms with van der Waals surface area (Å²) >= 11 is 2.02. The van der Waals surface area contributed by atoms with Gasteiger partial charge < -0.3 is 14.6 Å². The molecule has 1 rings (SSSR count). The van der Waals surface area contributed by atoms with Crippen LogP contribution in [0.3, 0.4) is 0 Å². The van der Waals surface area contributed by atoms with Gasteiger partial charge in [-0.3, -0.25) is 0 Å². The Morgan fingerprint density at radius 2 is 1.23 bits per heavy atom. The molecule has 1 heterocycles. The van der Waals surface area contributed by atoms with E-state index in [1.807, 2.05) is 17.8 Å². The van der Waals surface area contributed by atoms with Crippen molar-refractivity contribution in [1.29, 1.82) is 0 Å². The molecule has 0 radical (unpaired) electrons. The standard InChI is InChI=1S/C12H24OS.C10H20O.C7H12O.C6H12/c1-3-5-6-8-12-13-11(7-4-2)9-10-14-12;1-2-3-4-5-6-7-8-9-10-11;1-2-3-4-5-6-7-8;1-3-5-6-4-2/h11-12H,3-10H2,1-2H3;6-7,11H,2-5,8-10H2,1H3;3-4,7H,2,5-6H2,1H3;5-6H,3-4H2,1-2H3/b;7-6-;4-3-;6-5-. The number of ether oxygens (including phenoxy) is 1. The Labute approximate surface area is 249 Å². The molecule has 0 bridgehead atoms. The van der Waals surface area contributed by atoms with Gasteiger partial charge in [0, 0.05) is 13.0 Å². The third-order valence-electron chi connectivity index (χ3n) is 5.90. The minimum Gasteiger partial charge on any atom is -0.396 e. The van der Waals surface area contributed by atoms with Crippen LogP contribution >= 0.6 is 11.8 Å². The molecule has 0 aliphatic carbocycles. The first-order valence-electron chi connectivity index (χ1n) is 16.4. The zero-order chi connectivity index (χ0) is 29.7. The summed E-state index contributed by atoms with van der Waals surface area (Å²) in [5.74, 6) is 1.31. The molecule has 2 unspecified atom stereocenters. The highest BCUT2D eigenvalue weighted by Crippen LogP contribution is 2.29. The van der Waals surface area contributed by atoms with Crippen LogP contribution in [-0.4, -0.2) is 35.3 Å². The molecule has 1 aliphatic heterocycles. The number of unbranched alkanes of at least 4 members (excludes halogenated alkanes) is 7. The van der Waals surface area contributed by atoms with E-state index in [0.717, 1.165) is 32.0 Å². The zero-order valence-corrected chi connectivity index (χ0v) is 27.8. The molecule has 2 atom stereocenters. The number of hydrogen-bond acceptors (Lipinski definition) is 4. The van der Waals surface area contributed by atoms with Gasteiger partial charge in [-0.25, -0.2) is 0 Å². The number of aldehydes is 1. The lowest BCUT2D eigenvalue weighted by Crippen LogP contribution is -2.26. The molecule has 0 aromatic carbocycles. The molecule has 1 fully saturated rings. The normalized spacial score (nSPS) is 16.8. The average Bonchev–Trinajstić information content (AvgIpc) is 2.95. The van der Waals surface area contributed by atoms with Crippen molar-refractivity contribution >= 4 is 18.0 Å². The number of aliphatic hydroxyl groups is 1. The van der Waals surface area contributed by atoms with Crippen molar-refractivity contribution in [3.63, 3.8) is 0 Å². The summed E-state index contributed by atoms with van der Waals surface area (Å²) in [5.41, 5.74) is 0.506. The van der Waals surface area contributed by atoms with E-state index in [1.54, 1.807) is 0 Å². The van der Waals surface area contributed by atoms with E-state index in [2.05, 4.69) is 71.9 Å². The fourth-order valence-electron chi connectivity index (χ4n) is 3.64. The quantitative estimate of drug-likeness (QED) is 0.0956. The average molecular weight is 569 g/mol. The maximum absolute atomic E-state index is 9.73. The van der Waals surface area contributed by atoms with Crippen LogP contribution in [0.1, 0.15) is 157 Å². The van der Waals surface area contributed by atoms with Gasteiger partial charge in [-0.15, -0.1) is 11.8 Å². The van der Waals surface area contributed by atoms with Crippen molar-refractivity contribution in [2.75, 3.05) is 12.4 Å². The maximum atomic E-state index is 9.73. The Bertz CT molecular complexity index is 508. The molecule has 232 valence electrons. The van der Waals surface area contributed by atoms with Crippen LogP contribution < -0.4 is 0 Å². The highest BCUT2D eigenvalue weighted by molar-refractivity contribution is 7.99. The first-order valence-corrected chi connectivity index (χ1v) is 17.4. The van der Waals surface area contributed by atoms with E-state index in [0.29, 0.717) is 24.6 Å². The van der Waals surface area contributed by atoms with Crippen LogP contribution in [0.5, 0.6) is 0 Å². The smallest absolute Gasteiger partial charge is 0.120 e. The predicted octanol–water partition coefficient (Wildman–Crippen LogP) is 11.4. The molecule has 0 aromatic heterocycles. The van der Waals surface area contributed by atoms with Crippen molar-refractivity contribution in [3.05, 3.63) is 36.5 Å². The molecule has 1 N–H and O–H groups in total. The van der Waals surface area contributed by atoms with Gasteiger partial charge in [0.25, 0.3) is 0 Å². The second kappa shape index (κ2) is 41.6. The summed E-state index contributed by atoms with van der Waals surface area (Å²) in [4.78, 5) is 9.73. The Balaban J connectivity index is -0.000000466. The summed E-state index contributed by atoms with van der Waals surface area (Å²) in [7, 11) is 0. The zero-order valence-electron chi connectivity index (χ0n) is 27.0. The fraction of sp³-hybridized carbons (Fsp3) is 0.800. The van der Waals surface area contributed by atoms with Crippen molar-refractivity contribution in [2.45, 2.75) is 169 Å². The van der Waals surface area contributed by atoms with E-state index >= 15 is 0 Å². The molecular formula is C35H68O3S. The SMILES string of the molecule is CC/C=C\CC.CC/C=C\CCC=O.CCCCC/C=C\CCCO.CCCCCC1OC(CCC)CCS1. The fourth-order valence-corrected chi connectivity index (χ4v) is 4.87. The van der Waals surface area contributed by atoms with Gasteiger partial charge in [-0.2, -0.15) is 0 Å². The largest absolute Gasteiger partial charge is 0.396 e. The number of carbonyl (C=O) groups excluding carboxylic acids is 1. The third-order valence-corrected chi connectivity index (χ3v) is 7.09. The Kier molecular flexibility index (Phi) is 45.5. The predicted molar refractivity (Wildman–Crippen MR) is 179 cm³/mol. The summed E-state index contributed by atoms with van der Waals surface area (Å²) in [6.45, 7) is 13.4. The van der Waals surface area contributed by atoms with Crippen molar-refractivity contribution in [1.82, 2.24) is 0 Å². The van der Waals surface area contributed by atoms with Crippen LogP contribution in [0.4, 0.5) is 0 Å². The summed E-state index contributed by atoms with van der Waals surface area (Å²) in [5, 5.41) is 8.47. The van der Waals surface area contributed by atoms with Crippen LogP contribution in [0.15, 0.2) is 36.5 Å². The van der Waals surface area contributed by atoms with E-state index in [9.17, 15) is 4.79 Å². The molecule has 1 saturated heterocycles. The molecule has 4 heteroatoms. The van der Waals surface area contributed by atoms with E-state index in [4.69, 9.17) is 9.84 Å². The van der Waals surface area contributed by atoms with E-state index in [-0.39, 0.29) is 0 Å². The topological polar surface area (TPSA) is 46.5 Å². The van der Waals surface area contributed by atoms with Gasteiger partial charge >= 0.3 is 0 Å². The first kappa shape index (κ1) is 42.6. The van der Waals surface area contributed by atoms with Gasteiger partial charge in [-0.1, -0.05) is 117 Å². The van der Waals surface area contributed by atoms with Crippen LogP contribution in [0.25, 0.3) is 0 Å². The summed E-state index contributed by atoms with van der Waals surface area (Å²) < 4.78 is 6.04. The second-order valence-electron chi connectivity index (χ2n) is 9.88. The van der Waals surface area contributed by atoms with Crippen molar-refractivity contribution in [2.24, 2.45) is 0 Å². The second-order valence-corrected chi connectivity index (χ2v) is 11.1. The highest BCUT2D eigenvalue weighted by Gasteiger charge is 2.21. The molecule has 0 saturated carbocycles. The Morgan fingerprint density at radius 3 is 1.77 bits per heavy atom. The van der Waals surface area contributed by atoms with Gasteiger partial charge in [0.2, 0.25) is 0 Å². The van der Waals surface area contributed by atoms with Crippen molar-refractivity contribution in [3.8, 4) is 0 Å². The Morgan fingerprint density at radius 1 is 0.667 bits per heavy atom. The maximum Gasteiger partial charge on any atom is 0.120 e. The minimum atomic E-state index is 0.319. The van der Waals surface area contributed by atoms with Gasteiger partial charge in [0.1, 0.15) is 11.7 Å². The molecule has 0 spiro atoms. The van der Waals surface area contributed by atoms with Crippen molar-refractivity contribution < 1.29 is 14.6 Å². The van der Waals surface area contributed by atoms with Crippen LogP contribution in [-0.2, 0) is 9.53 Å². The number of thioether (sulfide) groups is 1. The molecule has 0 amide bonds. The lowest BCUT2D eigenvalue weighted by Gasteiger charge is -2.29. The molecular weight excluding hydrogens is 500 g/mol. The Hall–Kier alpha value is -0.840. The van der Waals surface area contributed by atoms with Gasteiger partial charge in [-0.05, 0) is 76.4 Å². The third kappa shape index (κ3) is 41.8. The highest BCUT2D eigenvalue weighted by atomic mass is 32.2. The van der Waals surface area contributed by atoms with Gasteiger partial charge in [0.05, 0.1) is 6.10 Å². The number of allylic oxidation sites excluding steroid dienone is 6. The van der Waals surface area contributed by atoms with E-state index < -0.39 is 0 Å². The summed E-state index contributed by atoms with van der Waals surface area (Å²) in [6, 6.07) is 0. The number of aliphatic hydroxyl groups excluding tert-OH is 1. The summed E-state index contributed by atoms with van der Waals surface area (Å²) in [6.07, 6.45) is 35.5. The monoisotopic (exact) mass is 568 g/mol. The lowest BCUT2D eigenvalue weighted by molar-refractivity contribution is -0.107. The molecule has 3 nitrogen and oxygen atoms in total. The first-order chi connectivity index (χ1) is 19.1. The molecule has 0 aromatic rings. The molecule has 39 heavy (non-hydrogen) atoms. The number of hydrogen-bond donors (Lipinski definition) is 1. The van der Waals surface area contributed by atoms with E-state index in [1.165, 1.54) is 89.2 Å².